The maximum Gasteiger partial charge on any atom is 0.266 e. The topological polar surface area (TPSA) is 71.5 Å². The molecule has 0 atom stereocenters. The number of nitrogens with one attached hydrogen (secondary N) is 1. The van der Waals surface area contributed by atoms with E-state index in [1.54, 1.807) is 14.2 Å². The highest BCUT2D eigenvalue weighted by Gasteiger charge is 2.21. The molecule has 7 heteroatoms. The Morgan fingerprint density at radius 3 is 2.50 bits per heavy atom. The van der Waals surface area contributed by atoms with Gasteiger partial charge in [-0.15, -0.1) is 11.3 Å². The normalized spacial score (nSPS) is 10.5. The number of aryl methyl sites for hydroxylation is 2. The Balaban J connectivity index is 1.69. The van der Waals surface area contributed by atoms with E-state index < -0.39 is 0 Å². The third kappa shape index (κ3) is 4.86. The molecule has 0 fully saturated rings. The predicted molar refractivity (Wildman–Crippen MR) is 120 cm³/mol. The molecular weight excluding hydrogens is 398 g/mol. The summed E-state index contributed by atoms with van der Waals surface area (Å²) in [5.41, 5.74) is 3.41. The Bertz CT molecular complexity index is 1040. The van der Waals surface area contributed by atoms with Crippen LogP contribution in [0.1, 0.15) is 27.9 Å². The van der Waals surface area contributed by atoms with Crippen LogP contribution < -0.4 is 10.1 Å². The Hall–Kier alpha value is -3.19. The Morgan fingerprint density at radius 2 is 1.83 bits per heavy atom. The average molecular weight is 424 g/mol. The van der Waals surface area contributed by atoms with Gasteiger partial charge >= 0.3 is 0 Å². The van der Waals surface area contributed by atoms with Gasteiger partial charge in [-0.2, -0.15) is 0 Å². The van der Waals surface area contributed by atoms with Crippen LogP contribution in [0.25, 0.3) is 10.6 Å². The molecule has 0 aliphatic heterocycles. The van der Waals surface area contributed by atoms with Crippen LogP contribution in [-0.4, -0.2) is 42.4 Å². The van der Waals surface area contributed by atoms with Gasteiger partial charge in [0.1, 0.15) is 15.6 Å². The Morgan fingerprint density at radius 1 is 1.13 bits per heavy atom. The number of para-hydroxylation sites is 1. The first-order valence-electron chi connectivity index (χ1n) is 9.68. The number of nitrogens with zero attached hydrogens (tertiary/aromatic N) is 2. The molecule has 1 aromatic heterocycles. The van der Waals surface area contributed by atoms with Gasteiger partial charge in [0.05, 0.1) is 19.3 Å². The molecule has 2 amide bonds. The summed E-state index contributed by atoms with van der Waals surface area (Å²) in [7, 11) is 3.24. The van der Waals surface area contributed by atoms with Gasteiger partial charge in [-0.3, -0.25) is 9.59 Å². The van der Waals surface area contributed by atoms with E-state index >= 15 is 0 Å². The van der Waals surface area contributed by atoms with Crippen molar-refractivity contribution in [3.63, 3.8) is 0 Å². The van der Waals surface area contributed by atoms with Gasteiger partial charge in [0.15, 0.2) is 0 Å². The molecule has 1 N–H and O–H groups in total. The second-order valence-corrected chi connectivity index (χ2v) is 7.88. The maximum atomic E-state index is 12.9. The minimum Gasteiger partial charge on any atom is -0.497 e. The summed E-state index contributed by atoms with van der Waals surface area (Å²) in [5.74, 6) is 0.312. The van der Waals surface area contributed by atoms with Gasteiger partial charge in [0.25, 0.3) is 5.91 Å². The molecule has 3 rings (SSSR count). The molecule has 6 nitrogen and oxygen atoms in total. The lowest BCUT2D eigenvalue weighted by atomic mass is 10.1. The minimum atomic E-state index is -0.232. The number of hydrogen-bond acceptors (Lipinski definition) is 5. The first-order valence-corrected chi connectivity index (χ1v) is 10.5. The summed E-state index contributed by atoms with van der Waals surface area (Å²) in [4.78, 5) is 31.9. The van der Waals surface area contributed by atoms with Crippen molar-refractivity contribution in [2.45, 2.75) is 20.3 Å². The summed E-state index contributed by atoms with van der Waals surface area (Å²) < 4.78 is 5.18. The van der Waals surface area contributed by atoms with Crippen LogP contribution >= 0.6 is 11.3 Å². The third-order valence-corrected chi connectivity index (χ3v) is 5.92. The van der Waals surface area contributed by atoms with E-state index in [1.807, 2.05) is 62.4 Å². The fourth-order valence-electron chi connectivity index (χ4n) is 3.05. The van der Waals surface area contributed by atoms with Crippen molar-refractivity contribution in [2.75, 3.05) is 26.0 Å². The second-order valence-electron chi connectivity index (χ2n) is 6.88. The summed E-state index contributed by atoms with van der Waals surface area (Å²) in [6.45, 7) is 3.81. The zero-order chi connectivity index (χ0) is 21.7. The molecule has 0 bridgehead atoms. The minimum absolute atomic E-state index is 0.0356. The van der Waals surface area contributed by atoms with E-state index in [4.69, 9.17) is 4.74 Å². The standard InChI is InChI=1S/C23H25N3O3S/c1-5-16-8-6-7-9-19(16)25-20(27)14-26(3)23(28)21-15(2)24-22(30-21)17-10-12-18(29-4)13-11-17/h6-13H,5,14H2,1-4H3,(H,25,27). The van der Waals surface area contributed by atoms with Crippen LogP contribution in [0.4, 0.5) is 5.69 Å². The summed E-state index contributed by atoms with van der Waals surface area (Å²) in [6.07, 6.45) is 0.819. The number of methoxy groups -OCH3 is 1. The summed E-state index contributed by atoms with van der Waals surface area (Å²) in [6, 6.07) is 15.2. The number of thiazole rings is 1. The smallest absolute Gasteiger partial charge is 0.266 e. The molecular formula is C23H25N3O3S. The number of amides is 2. The number of anilines is 1. The highest BCUT2D eigenvalue weighted by Crippen LogP contribution is 2.30. The molecule has 2 aromatic carbocycles. The lowest BCUT2D eigenvalue weighted by Crippen LogP contribution is -2.35. The van der Waals surface area contributed by atoms with E-state index in [1.165, 1.54) is 16.2 Å². The number of ether oxygens (including phenoxy) is 1. The van der Waals surface area contributed by atoms with E-state index in [9.17, 15) is 9.59 Å². The third-order valence-electron chi connectivity index (χ3n) is 4.73. The molecule has 156 valence electrons. The number of likely N-dealkylation sites (N-methyl/N-ethyl adjacent to an activating group) is 1. The van der Waals surface area contributed by atoms with Crippen LogP contribution in [0.15, 0.2) is 48.5 Å². The van der Waals surface area contributed by atoms with Crippen LogP contribution in [-0.2, 0) is 11.2 Å². The van der Waals surface area contributed by atoms with Gasteiger partial charge in [-0.25, -0.2) is 4.98 Å². The fraction of sp³-hybridized carbons (Fsp3) is 0.261. The molecule has 0 saturated carbocycles. The molecule has 0 aliphatic carbocycles. The number of carbonyl (C=O) groups is 2. The SMILES string of the molecule is CCc1ccccc1NC(=O)CN(C)C(=O)c1sc(-c2ccc(OC)cc2)nc1C. The van der Waals surface area contributed by atoms with Crippen molar-refractivity contribution in [1.29, 1.82) is 0 Å². The van der Waals surface area contributed by atoms with Gasteiger partial charge in [0.2, 0.25) is 5.91 Å². The first kappa shape index (κ1) is 21.5. The maximum absolute atomic E-state index is 12.9. The van der Waals surface area contributed by atoms with Crippen molar-refractivity contribution >= 4 is 28.8 Å². The van der Waals surface area contributed by atoms with Crippen molar-refractivity contribution in [1.82, 2.24) is 9.88 Å². The number of carbonyl (C=O) groups excluding carboxylic acids is 2. The molecule has 0 spiro atoms. The largest absolute Gasteiger partial charge is 0.497 e. The number of hydrogen-bond donors (Lipinski definition) is 1. The van der Waals surface area contributed by atoms with E-state index in [-0.39, 0.29) is 18.4 Å². The van der Waals surface area contributed by atoms with Crippen LogP contribution in [0.2, 0.25) is 0 Å². The highest BCUT2D eigenvalue weighted by atomic mass is 32.1. The number of aromatic nitrogens is 1. The second kappa shape index (κ2) is 9.54. The Labute approximate surface area is 180 Å². The molecule has 30 heavy (non-hydrogen) atoms. The number of rotatable bonds is 7. The molecule has 0 saturated heterocycles. The first-order chi connectivity index (χ1) is 14.4. The van der Waals surface area contributed by atoms with Crippen molar-refractivity contribution in [2.24, 2.45) is 0 Å². The molecule has 0 aliphatic rings. The molecule has 1 heterocycles. The zero-order valence-electron chi connectivity index (χ0n) is 17.6. The zero-order valence-corrected chi connectivity index (χ0v) is 18.4. The molecule has 0 unspecified atom stereocenters. The van der Waals surface area contributed by atoms with Crippen LogP contribution in [0, 0.1) is 6.92 Å². The summed E-state index contributed by atoms with van der Waals surface area (Å²) >= 11 is 1.32. The van der Waals surface area contributed by atoms with E-state index in [0.29, 0.717) is 10.6 Å². The van der Waals surface area contributed by atoms with E-state index in [0.717, 1.165) is 34.0 Å². The fourth-order valence-corrected chi connectivity index (χ4v) is 4.12. The van der Waals surface area contributed by atoms with Crippen molar-refractivity contribution < 1.29 is 14.3 Å². The van der Waals surface area contributed by atoms with Crippen LogP contribution in [0.5, 0.6) is 5.75 Å². The lowest BCUT2D eigenvalue weighted by molar-refractivity contribution is -0.116. The van der Waals surface area contributed by atoms with Gasteiger partial charge < -0.3 is 15.0 Å². The monoisotopic (exact) mass is 423 g/mol. The lowest BCUT2D eigenvalue weighted by Gasteiger charge is -2.17. The van der Waals surface area contributed by atoms with Crippen LogP contribution in [0.3, 0.4) is 0 Å². The summed E-state index contributed by atoms with van der Waals surface area (Å²) in [5, 5.41) is 3.66. The molecule has 0 radical (unpaired) electrons. The Kier molecular flexibility index (Phi) is 6.84. The van der Waals surface area contributed by atoms with Crippen molar-refractivity contribution in [3.8, 4) is 16.3 Å². The average Bonchev–Trinajstić information content (AvgIpc) is 3.15. The van der Waals surface area contributed by atoms with Crippen molar-refractivity contribution in [3.05, 3.63) is 64.7 Å². The van der Waals surface area contributed by atoms with Gasteiger partial charge in [0, 0.05) is 18.3 Å². The predicted octanol–water partition coefficient (Wildman–Crippen LogP) is 4.40. The van der Waals surface area contributed by atoms with Gasteiger partial charge in [-0.1, -0.05) is 25.1 Å². The quantitative estimate of drug-likeness (QED) is 0.611. The molecule has 3 aromatic rings. The van der Waals surface area contributed by atoms with E-state index in [2.05, 4.69) is 10.3 Å². The number of benzene rings is 2. The van der Waals surface area contributed by atoms with Gasteiger partial charge in [-0.05, 0) is 49.2 Å². The highest BCUT2D eigenvalue weighted by molar-refractivity contribution is 7.17.